The lowest BCUT2D eigenvalue weighted by Crippen LogP contribution is -2.45. The highest BCUT2D eigenvalue weighted by Gasteiger charge is 2.36. The lowest BCUT2D eigenvalue weighted by atomic mass is 9.74. The Balaban J connectivity index is 2.55. The van der Waals surface area contributed by atoms with Crippen LogP contribution in [0.1, 0.15) is 59.8 Å². The number of aliphatic hydroxyl groups is 1. The number of hydrogen-bond donors (Lipinski definition) is 1. The summed E-state index contributed by atoms with van der Waals surface area (Å²) in [7, 11) is 0. The SMILES string of the molecule is CCOC(C)(C)C(O)C1CCCC(CC)C1. The van der Waals surface area contributed by atoms with Crippen LogP contribution in [-0.4, -0.2) is 23.4 Å². The number of ether oxygens (including phenoxy) is 1. The van der Waals surface area contributed by atoms with E-state index in [2.05, 4.69) is 6.92 Å². The molecule has 3 atom stereocenters. The fourth-order valence-corrected chi connectivity index (χ4v) is 3.02. The first-order valence-corrected chi connectivity index (χ1v) is 6.83. The third-order valence-corrected chi connectivity index (χ3v) is 4.08. The van der Waals surface area contributed by atoms with Gasteiger partial charge in [-0.3, -0.25) is 0 Å². The van der Waals surface area contributed by atoms with Gasteiger partial charge in [-0.2, -0.15) is 0 Å². The van der Waals surface area contributed by atoms with Crippen molar-refractivity contribution in [1.82, 2.24) is 0 Å². The quantitative estimate of drug-likeness (QED) is 0.781. The Morgan fingerprint density at radius 3 is 2.56 bits per heavy atom. The fraction of sp³-hybridized carbons (Fsp3) is 1.00. The van der Waals surface area contributed by atoms with Crippen molar-refractivity contribution in [2.45, 2.75) is 71.5 Å². The first-order chi connectivity index (χ1) is 7.51. The largest absolute Gasteiger partial charge is 0.390 e. The monoisotopic (exact) mass is 228 g/mol. The molecular weight excluding hydrogens is 200 g/mol. The second kappa shape index (κ2) is 6.02. The molecule has 0 radical (unpaired) electrons. The van der Waals surface area contributed by atoms with Crippen LogP contribution in [0.3, 0.4) is 0 Å². The van der Waals surface area contributed by atoms with Gasteiger partial charge < -0.3 is 9.84 Å². The van der Waals surface area contributed by atoms with Crippen LogP contribution in [0, 0.1) is 11.8 Å². The van der Waals surface area contributed by atoms with Crippen LogP contribution < -0.4 is 0 Å². The standard InChI is InChI=1S/C14H28O2/c1-5-11-8-7-9-12(10-11)13(15)14(3,4)16-6-2/h11-13,15H,5-10H2,1-4H3. The van der Waals surface area contributed by atoms with Crippen LogP contribution in [0.25, 0.3) is 0 Å². The molecule has 1 aliphatic rings. The molecule has 2 nitrogen and oxygen atoms in total. The van der Waals surface area contributed by atoms with E-state index in [9.17, 15) is 5.11 Å². The highest BCUT2D eigenvalue weighted by Crippen LogP contribution is 2.36. The summed E-state index contributed by atoms with van der Waals surface area (Å²) in [4.78, 5) is 0. The minimum Gasteiger partial charge on any atom is -0.390 e. The molecule has 0 bridgehead atoms. The average Bonchev–Trinajstić information content (AvgIpc) is 2.28. The molecule has 16 heavy (non-hydrogen) atoms. The van der Waals surface area contributed by atoms with E-state index in [4.69, 9.17) is 4.74 Å². The summed E-state index contributed by atoms with van der Waals surface area (Å²) in [6.07, 6.45) is 5.87. The summed E-state index contributed by atoms with van der Waals surface area (Å²) in [6.45, 7) is 8.94. The topological polar surface area (TPSA) is 29.5 Å². The molecule has 0 aromatic heterocycles. The number of hydrogen-bond acceptors (Lipinski definition) is 2. The second-order valence-electron chi connectivity index (χ2n) is 5.68. The zero-order chi connectivity index (χ0) is 12.2. The van der Waals surface area contributed by atoms with Gasteiger partial charge in [-0.25, -0.2) is 0 Å². The Labute approximate surface area is 100 Å². The van der Waals surface area contributed by atoms with E-state index in [1.807, 2.05) is 20.8 Å². The maximum absolute atomic E-state index is 10.4. The van der Waals surface area contributed by atoms with Crippen molar-refractivity contribution in [2.24, 2.45) is 11.8 Å². The van der Waals surface area contributed by atoms with Gasteiger partial charge in [-0.15, -0.1) is 0 Å². The Morgan fingerprint density at radius 2 is 2.00 bits per heavy atom. The maximum Gasteiger partial charge on any atom is 0.0886 e. The molecule has 0 saturated heterocycles. The third-order valence-electron chi connectivity index (χ3n) is 4.08. The molecule has 2 heteroatoms. The Kier molecular flexibility index (Phi) is 5.26. The van der Waals surface area contributed by atoms with Crippen molar-refractivity contribution in [3.8, 4) is 0 Å². The Bertz CT molecular complexity index is 201. The van der Waals surface area contributed by atoms with E-state index in [-0.39, 0.29) is 6.10 Å². The molecule has 0 amide bonds. The maximum atomic E-state index is 10.4. The van der Waals surface area contributed by atoms with E-state index >= 15 is 0 Å². The summed E-state index contributed by atoms with van der Waals surface area (Å²) >= 11 is 0. The Morgan fingerprint density at radius 1 is 1.31 bits per heavy atom. The van der Waals surface area contributed by atoms with Crippen LogP contribution in [-0.2, 0) is 4.74 Å². The minimum absolute atomic E-state index is 0.318. The van der Waals surface area contributed by atoms with Gasteiger partial charge in [0.25, 0.3) is 0 Å². The van der Waals surface area contributed by atoms with Gasteiger partial charge in [0.1, 0.15) is 0 Å². The van der Waals surface area contributed by atoms with E-state index in [1.54, 1.807) is 0 Å². The van der Waals surface area contributed by atoms with Crippen LogP contribution in [0.5, 0.6) is 0 Å². The van der Waals surface area contributed by atoms with Crippen molar-refractivity contribution >= 4 is 0 Å². The molecule has 0 aliphatic heterocycles. The first-order valence-electron chi connectivity index (χ1n) is 6.83. The van der Waals surface area contributed by atoms with Crippen LogP contribution >= 0.6 is 0 Å². The highest BCUT2D eigenvalue weighted by atomic mass is 16.5. The molecule has 0 aromatic rings. The Hall–Kier alpha value is -0.0800. The van der Waals surface area contributed by atoms with E-state index in [0.717, 1.165) is 12.3 Å². The van der Waals surface area contributed by atoms with Gasteiger partial charge in [-0.1, -0.05) is 26.2 Å². The molecule has 0 spiro atoms. The lowest BCUT2D eigenvalue weighted by Gasteiger charge is -2.39. The van der Waals surface area contributed by atoms with Crippen molar-refractivity contribution in [1.29, 1.82) is 0 Å². The smallest absolute Gasteiger partial charge is 0.0886 e. The fourth-order valence-electron chi connectivity index (χ4n) is 3.02. The number of aliphatic hydroxyl groups excluding tert-OH is 1. The molecule has 96 valence electrons. The summed E-state index contributed by atoms with van der Waals surface area (Å²) in [5, 5.41) is 10.4. The van der Waals surface area contributed by atoms with Gasteiger partial charge in [0.05, 0.1) is 11.7 Å². The summed E-state index contributed by atoms with van der Waals surface area (Å²) in [6, 6.07) is 0. The van der Waals surface area contributed by atoms with Gasteiger partial charge in [0.2, 0.25) is 0 Å². The minimum atomic E-state index is -0.394. The molecule has 1 fully saturated rings. The molecule has 0 heterocycles. The van der Waals surface area contributed by atoms with Gasteiger partial charge in [-0.05, 0) is 45.4 Å². The van der Waals surface area contributed by atoms with E-state index < -0.39 is 5.60 Å². The predicted molar refractivity (Wildman–Crippen MR) is 67.5 cm³/mol. The van der Waals surface area contributed by atoms with Crippen molar-refractivity contribution in [2.75, 3.05) is 6.61 Å². The molecule has 3 unspecified atom stereocenters. The molecule has 0 aromatic carbocycles. The average molecular weight is 228 g/mol. The van der Waals surface area contributed by atoms with E-state index in [0.29, 0.717) is 12.5 Å². The zero-order valence-corrected chi connectivity index (χ0v) is 11.3. The predicted octanol–water partition coefficient (Wildman–Crippen LogP) is 3.38. The second-order valence-corrected chi connectivity index (χ2v) is 5.68. The highest BCUT2D eigenvalue weighted by molar-refractivity contribution is 4.87. The van der Waals surface area contributed by atoms with Gasteiger partial charge >= 0.3 is 0 Å². The molecule has 1 saturated carbocycles. The van der Waals surface area contributed by atoms with Gasteiger partial charge in [0, 0.05) is 6.61 Å². The van der Waals surface area contributed by atoms with Crippen LogP contribution in [0.2, 0.25) is 0 Å². The summed E-state index contributed by atoms with van der Waals surface area (Å²) < 4.78 is 5.66. The van der Waals surface area contributed by atoms with E-state index in [1.165, 1.54) is 25.7 Å². The molecule has 1 aliphatic carbocycles. The van der Waals surface area contributed by atoms with Crippen molar-refractivity contribution in [3.05, 3.63) is 0 Å². The third kappa shape index (κ3) is 3.46. The molecule has 1 rings (SSSR count). The normalized spacial score (nSPS) is 29.1. The summed E-state index contributed by atoms with van der Waals surface area (Å²) in [5.74, 6) is 1.24. The number of rotatable bonds is 5. The molecular formula is C14H28O2. The first kappa shape index (κ1) is 14.0. The van der Waals surface area contributed by atoms with Crippen LogP contribution in [0.4, 0.5) is 0 Å². The van der Waals surface area contributed by atoms with Gasteiger partial charge in [0.15, 0.2) is 0 Å². The van der Waals surface area contributed by atoms with Crippen LogP contribution in [0.15, 0.2) is 0 Å². The van der Waals surface area contributed by atoms with Crippen molar-refractivity contribution < 1.29 is 9.84 Å². The molecule has 1 N–H and O–H groups in total. The van der Waals surface area contributed by atoms with Crippen molar-refractivity contribution in [3.63, 3.8) is 0 Å². The summed E-state index contributed by atoms with van der Waals surface area (Å²) in [5.41, 5.74) is -0.394. The zero-order valence-electron chi connectivity index (χ0n) is 11.3. The lowest BCUT2D eigenvalue weighted by molar-refractivity contribution is -0.125.